The average molecular weight is 464 g/mol. The molecular formula is C31H45NO2. The molecule has 0 fully saturated rings. The van der Waals surface area contributed by atoms with Crippen molar-refractivity contribution in [2.45, 2.75) is 105 Å². The maximum absolute atomic E-state index is 10.3. The third kappa shape index (κ3) is 6.65. The highest BCUT2D eigenvalue weighted by atomic mass is 16.5. The van der Waals surface area contributed by atoms with Crippen LogP contribution in [-0.4, -0.2) is 17.4 Å². The molecule has 2 aromatic carbocycles. The summed E-state index contributed by atoms with van der Waals surface area (Å²) in [6.07, 6.45) is 4.12. The second-order valence-electron chi connectivity index (χ2n) is 10.6. The van der Waals surface area contributed by atoms with Crippen molar-refractivity contribution in [2.24, 2.45) is 11.1 Å². The molecule has 0 saturated carbocycles. The second-order valence-corrected chi connectivity index (χ2v) is 10.6. The molecule has 0 amide bonds. The quantitative estimate of drug-likeness (QED) is 0.310. The molecule has 0 aromatic heterocycles. The van der Waals surface area contributed by atoms with E-state index >= 15 is 0 Å². The zero-order valence-corrected chi connectivity index (χ0v) is 22.6. The summed E-state index contributed by atoms with van der Waals surface area (Å²) in [6, 6.07) is 13.1. The SMILES string of the molecule is CCCCC(N)Oc1ccc(C(CC)(CC)c2ccc(C#CC(O)C(C)(C)C)c(C)c2)cc1C. The first kappa shape index (κ1) is 28.0. The zero-order chi connectivity index (χ0) is 25.5. The number of unbranched alkanes of at least 4 members (excludes halogenated alkanes) is 1. The van der Waals surface area contributed by atoms with Crippen molar-refractivity contribution in [3.8, 4) is 17.6 Å². The van der Waals surface area contributed by atoms with Gasteiger partial charge in [-0.05, 0) is 79.3 Å². The molecule has 0 radical (unpaired) electrons. The lowest BCUT2D eigenvalue weighted by Gasteiger charge is -2.34. The van der Waals surface area contributed by atoms with E-state index < -0.39 is 6.10 Å². The second kappa shape index (κ2) is 11.9. The number of hydrogen-bond acceptors (Lipinski definition) is 3. The van der Waals surface area contributed by atoms with Gasteiger partial charge in [0.1, 0.15) is 18.1 Å². The zero-order valence-electron chi connectivity index (χ0n) is 22.6. The first-order valence-corrected chi connectivity index (χ1v) is 12.8. The molecule has 0 aliphatic rings. The summed E-state index contributed by atoms with van der Waals surface area (Å²) in [5, 5.41) is 10.3. The molecule has 3 N–H and O–H groups in total. The minimum atomic E-state index is -0.657. The lowest BCUT2D eigenvalue weighted by atomic mass is 9.70. The molecule has 0 saturated heterocycles. The molecule has 0 spiro atoms. The van der Waals surface area contributed by atoms with E-state index in [0.29, 0.717) is 0 Å². The number of rotatable bonds is 9. The van der Waals surface area contributed by atoms with Crippen LogP contribution in [0, 0.1) is 31.1 Å². The largest absolute Gasteiger partial charge is 0.475 e. The smallest absolute Gasteiger partial charge is 0.147 e. The lowest BCUT2D eigenvalue weighted by molar-refractivity contribution is 0.114. The highest BCUT2D eigenvalue weighted by Gasteiger charge is 2.31. The van der Waals surface area contributed by atoms with Gasteiger partial charge in [0, 0.05) is 11.0 Å². The Morgan fingerprint density at radius 2 is 1.53 bits per heavy atom. The molecule has 0 heterocycles. The molecule has 0 aliphatic carbocycles. The Hall–Kier alpha value is -2.28. The fourth-order valence-corrected chi connectivity index (χ4v) is 4.40. The van der Waals surface area contributed by atoms with Crippen molar-refractivity contribution in [2.75, 3.05) is 0 Å². The molecule has 0 bridgehead atoms. The predicted octanol–water partition coefficient (Wildman–Crippen LogP) is 7.02. The van der Waals surface area contributed by atoms with Crippen molar-refractivity contribution in [1.82, 2.24) is 0 Å². The number of benzene rings is 2. The molecule has 0 aliphatic heterocycles. The molecule has 34 heavy (non-hydrogen) atoms. The highest BCUT2D eigenvalue weighted by Crippen LogP contribution is 2.41. The van der Waals surface area contributed by atoms with Crippen molar-refractivity contribution in [1.29, 1.82) is 0 Å². The molecule has 2 rings (SSSR count). The van der Waals surface area contributed by atoms with Crippen molar-refractivity contribution < 1.29 is 9.84 Å². The summed E-state index contributed by atoms with van der Waals surface area (Å²) in [7, 11) is 0. The van der Waals surface area contributed by atoms with Crippen molar-refractivity contribution >= 4 is 0 Å². The first-order chi connectivity index (χ1) is 16.0. The van der Waals surface area contributed by atoms with Gasteiger partial charge in [0.25, 0.3) is 0 Å². The summed E-state index contributed by atoms with van der Waals surface area (Å²) in [5.41, 5.74) is 11.6. The number of nitrogens with two attached hydrogens (primary N) is 1. The van der Waals surface area contributed by atoms with Gasteiger partial charge in [0.15, 0.2) is 0 Å². The van der Waals surface area contributed by atoms with Gasteiger partial charge >= 0.3 is 0 Å². The van der Waals surface area contributed by atoms with Crippen molar-refractivity contribution in [3.05, 3.63) is 64.2 Å². The molecule has 2 aromatic rings. The third-order valence-corrected chi connectivity index (χ3v) is 7.00. The van der Waals surface area contributed by atoms with Crippen LogP contribution in [0.5, 0.6) is 5.75 Å². The van der Waals surface area contributed by atoms with Crippen LogP contribution in [0.2, 0.25) is 0 Å². The molecular weight excluding hydrogens is 418 g/mol. The topological polar surface area (TPSA) is 55.5 Å². The van der Waals surface area contributed by atoms with Gasteiger partial charge in [0.2, 0.25) is 0 Å². The van der Waals surface area contributed by atoms with E-state index in [4.69, 9.17) is 10.5 Å². The lowest BCUT2D eigenvalue weighted by Crippen LogP contribution is -2.28. The van der Waals surface area contributed by atoms with E-state index in [1.54, 1.807) is 0 Å². The average Bonchev–Trinajstić information content (AvgIpc) is 2.79. The van der Waals surface area contributed by atoms with Crippen LogP contribution in [0.3, 0.4) is 0 Å². The van der Waals surface area contributed by atoms with E-state index in [-0.39, 0.29) is 17.1 Å². The van der Waals surface area contributed by atoms with Gasteiger partial charge in [-0.3, -0.25) is 5.73 Å². The first-order valence-electron chi connectivity index (χ1n) is 12.8. The third-order valence-electron chi connectivity index (χ3n) is 7.00. The fraction of sp³-hybridized carbons (Fsp3) is 0.548. The maximum Gasteiger partial charge on any atom is 0.147 e. The van der Waals surface area contributed by atoms with Gasteiger partial charge in [-0.1, -0.05) is 84.1 Å². The Kier molecular flexibility index (Phi) is 9.80. The monoisotopic (exact) mass is 463 g/mol. The number of hydrogen-bond donors (Lipinski definition) is 2. The number of aliphatic hydroxyl groups excluding tert-OH is 1. The number of aliphatic hydroxyl groups is 1. The van der Waals surface area contributed by atoms with Gasteiger partial charge in [-0.2, -0.15) is 0 Å². The minimum absolute atomic E-state index is 0.0880. The summed E-state index contributed by atoms with van der Waals surface area (Å²) in [4.78, 5) is 0. The Morgan fingerprint density at radius 3 is 2.03 bits per heavy atom. The van der Waals surface area contributed by atoms with Gasteiger partial charge in [-0.25, -0.2) is 0 Å². The molecule has 2 unspecified atom stereocenters. The van der Waals surface area contributed by atoms with Crippen LogP contribution in [-0.2, 0) is 5.41 Å². The van der Waals surface area contributed by atoms with Crippen LogP contribution in [0.15, 0.2) is 36.4 Å². The summed E-state index contributed by atoms with van der Waals surface area (Å²) >= 11 is 0. The van der Waals surface area contributed by atoms with Crippen LogP contribution in [0.4, 0.5) is 0 Å². The fourth-order valence-electron chi connectivity index (χ4n) is 4.40. The molecule has 3 nitrogen and oxygen atoms in total. The van der Waals surface area contributed by atoms with Crippen molar-refractivity contribution in [3.63, 3.8) is 0 Å². The van der Waals surface area contributed by atoms with E-state index in [1.807, 2.05) is 20.8 Å². The van der Waals surface area contributed by atoms with E-state index in [9.17, 15) is 5.11 Å². The van der Waals surface area contributed by atoms with Crippen LogP contribution >= 0.6 is 0 Å². The summed E-state index contributed by atoms with van der Waals surface area (Å²) in [5.74, 6) is 7.08. The van der Waals surface area contributed by atoms with Crippen LogP contribution in [0.1, 0.15) is 101 Å². The Bertz CT molecular complexity index is 1000. The Morgan fingerprint density at radius 1 is 0.941 bits per heavy atom. The highest BCUT2D eigenvalue weighted by molar-refractivity contribution is 5.50. The Labute approximate surface area is 208 Å². The number of ether oxygens (including phenoxy) is 1. The Balaban J connectivity index is 2.39. The predicted molar refractivity (Wildman–Crippen MR) is 144 cm³/mol. The normalized spacial score (nSPS) is 13.7. The van der Waals surface area contributed by atoms with Crippen LogP contribution in [0.25, 0.3) is 0 Å². The van der Waals surface area contributed by atoms with E-state index in [2.05, 4.69) is 82.9 Å². The molecule has 186 valence electrons. The molecule has 3 heteroatoms. The van der Waals surface area contributed by atoms with Crippen LogP contribution < -0.4 is 10.5 Å². The minimum Gasteiger partial charge on any atom is -0.475 e. The van der Waals surface area contributed by atoms with E-state index in [1.165, 1.54) is 11.1 Å². The standard InChI is InChI=1S/C31H45NO2/c1-9-12-13-29(32)34-27-18-17-26(21-23(27)5)31(10-2,11-3)25-16-14-24(22(4)20-25)15-19-28(33)30(6,7)8/h14,16-18,20-21,28-29,33H,9-13,32H2,1-8H3. The molecule has 2 atom stereocenters. The van der Waals surface area contributed by atoms with Gasteiger partial charge in [0.05, 0.1) is 0 Å². The maximum atomic E-state index is 10.3. The summed E-state index contributed by atoms with van der Waals surface area (Å²) < 4.78 is 6.03. The van der Waals surface area contributed by atoms with Gasteiger partial charge < -0.3 is 9.84 Å². The number of aryl methyl sites for hydroxylation is 2. The van der Waals surface area contributed by atoms with E-state index in [0.717, 1.165) is 54.5 Å². The van der Waals surface area contributed by atoms with Gasteiger partial charge in [-0.15, -0.1) is 0 Å². The summed E-state index contributed by atoms with van der Waals surface area (Å²) in [6.45, 7) is 16.9.